The number of hydrogen-bond acceptors (Lipinski definition) is 4. The fraction of sp³-hybridized carbons (Fsp3) is 0.643. The first kappa shape index (κ1) is 15.6. The quantitative estimate of drug-likeness (QED) is 0.875. The molecule has 0 radical (unpaired) electrons. The van der Waals surface area contributed by atoms with Crippen LogP contribution in [-0.4, -0.2) is 26.6 Å². The molecule has 0 fully saturated rings. The Hall–Kier alpha value is -1.49. The average Bonchev–Trinajstić information content (AvgIpc) is 2.28. The number of carbonyl (C=O) groups is 1. The number of nitrogens with one attached hydrogen (secondary N) is 1. The van der Waals surface area contributed by atoms with E-state index in [-0.39, 0.29) is 5.41 Å². The van der Waals surface area contributed by atoms with Gasteiger partial charge in [0.1, 0.15) is 11.4 Å². The monoisotopic (exact) mass is 265 g/mol. The number of aromatic nitrogens is 2. The maximum Gasteiger partial charge on any atom is 0.256 e. The van der Waals surface area contributed by atoms with Crippen LogP contribution in [0.4, 0.5) is 5.69 Å². The van der Waals surface area contributed by atoms with Crippen molar-refractivity contribution in [1.82, 2.24) is 9.97 Å². The lowest BCUT2D eigenvalue weighted by atomic mass is 9.96. The number of rotatable bonds is 4. The third-order valence-corrected chi connectivity index (χ3v) is 2.81. The molecule has 0 aliphatic rings. The summed E-state index contributed by atoms with van der Waals surface area (Å²) in [5, 5.41) is 12.6. The van der Waals surface area contributed by atoms with E-state index in [1.807, 2.05) is 27.7 Å². The van der Waals surface area contributed by atoms with Crippen molar-refractivity contribution in [2.75, 3.05) is 5.32 Å². The lowest BCUT2D eigenvalue weighted by molar-refractivity contribution is -0.133. The van der Waals surface area contributed by atoms with Crippen LogP contribution in [0, 0.1) is 0 Å². The van der Waals surface area contributed by atoms with Crippen molar-refractivity contribution >= 4 is 11.6 Å². The highest BCUT2D eigenvalue weighted by Gasteiger charge is 2.29. The van der Waals surface area contributed by atoms with E-state index in [0.717, 1.165) is 6.42 Å². The summed E-state index contributed by atoms with van der Waals surface area (Å²) in [4.78, 5) is 20.3. The lowest BCUT2D eigenvalue weighted by Gasteiger charge is -2.21. The van der Waals surface area contributed by atoms with Crippen molar-refractivity contribution in [3.05, 3.63) is 18.2 Å². The number of anilines is 1. The molecule has 0 aliphatic carbocycles. The highest BCUT2D eigenvalue weighted by atomic mass is 16.3. The fourth-order valence-electron chi connectivity index (χ4n) is 1.65. The third kappa shape index (κ3) is 4.28. The smallest absolute Gasteiger partial charge is 0.256 e. The van der Waals surface area contributed by atoms with Crippen LogP contribution in [0.3, 0.4) is 0 Å². The highest BCUT2D eigenvalue weighted by molar-refractivity contribution is 5.96. The number of carbonyl (C=O) groups excluding carboxylic acids is 1. The molecule has 5 heteroatoms. The maximum atomic E-state index is 11.9. The van der Waals surface area contributed by atoms with Crippen molar-refractivity contribution in [3.63, 3.8) is 0 Å². The van der Waals surface area contributed by atoms with Crippen LogP contribution >= 0.6 is 0 Å². The number of nitrogens with zero attached hydrogens (tertiary/aromatic N) is 2. The van der Waals surface area contributed by atoms with Crippen LogP contribution in [0.1, 0.15) is 53.3 Å². The molecule has 0 saturated heterocycles. The number of amides is 1. The molecule has 1 amide bonds. The van der Waals surface area contributed by atoms with E-state index in [1.54, 1.807) is 12.4 Å². The Balaban J connectivity index is 2.76. The molecule has 1 unspecified atom stereocenters. The van der Waals surface area contributed by atoms with Gasteiger partial charge < -0.3 is 10.4 Å². The maximum absolute atomic E-state index is 11.9. The molecule has 0 saturated carbocycles. The van der Waals surface area contributed by atoms with E-state index >= 15 is 0 Å². The van der Waals surface area contributed by atoms with Gasteiger partial charge in [0.25, 0.3) is 5.91 Å². The van der Waals surface area contributed by atoms with Crippen molar-refractivity contribution in [1.29, 1.82) is 0 Å². The second-order valence-corrected chi connectivity index (χ2v) is 6.02. The summed E-state index contributed by atoms with van der Waals surface area (Å²) in [6.07, 6.45) is 4.28. The van der Waals surface area contributed by atoms with Crippen LogP contribution in [0.25, 0.3) is 0 Å². The minimum Gasteiger partial charge on any atom is -0.380 e. The SMILES string of the molecule is CCCC(C)(O)C(=O)Nc1cnc(C(C)(C)C)nc1. The summed E-state index contributed by atoms with van der Waals surface area (Å²) in [6.45, 7) is 9.49. The summed E-state index contributed by atoms with van der Waals surface area (Å²) in [6, 6.07) is 0. The van der Waals surface area contributed by atoms with Crippen LogP contribution < -0.4 is 5.32 Å². The standard InChI is InChI=1S/C14H23N3O2/c1-6-7-14(5,19)12(18)17-10-8-15-11(16-9-10)13(2,3)4/h8-9,19H,6-7H2,1-5H3,(H,17,18). The molecule has 1 aromatic rings. The van der Waals surface area contributed by atoms with E-state index in [0.29, 0.717) is 17.9 Å². The molecule has 0 aliphatic heterocycles. The molecule has 5 nitrogen and oxygen atoms in total. The summed E-state index contributed by atoms with van der Waals surface area (Å²) in [5.74, 6) is 0.285. The summed E-state index contributed by atoms with van der Waals surface area (Å²) in [7, 11) is 0. The number of hydrogen-bond donors (Lipinski definition) is 2. The molecule has 1 atom stereocenters. The molecule has 1 heterocycles. The first-order chi connectivity index (χ1) is 8.66. The van der Waals surface area contributed by atoms with Crippen molar-refractivity contribution < 1.29 is 9.90 Å². The molecule has 19 heavy (non-hydrogen) atoms. The first-order valence-corrected chi connectivity index (χ1v) is 6.53. The molecule has 0 spiro atoms. The van der Waals surface area contributed by atoms with Crippen molar-refractivity contribution in [3.8, 4) is 0 Å². The zero-order valence-corrected chi connectivity index (χ0v) is 12.3. The minimum atomic E-state index is -1.36. The van der Waals surface area contributed by atoms with Gasteiger partial charge in [-0.3, -0.25) is 4.79 Å². The van der Waals surface area contributed by atoms with Gasteiger partial charge in [0.05, 0.1) is 18.1 Å². The first-order valence-electron chi connectivity index (χ1n) is 6.53. The van der Waals surface area contributed by atoms with Gasteiger partial charge in [-0.15, -0.1) is 0 Å². The van der Waals surface area contributed by atoms with Gasteiger partial charge in [0, 0.05) is 5.41 Å². The van der Waals surface area contributed by atoms with E-state index in [9.17, 15) is 9.90 Å². The van der Waals surface area contributed by atoms with Crippen LogP contribution in [0.5, 0.6) is 0 Å². The lowest BCUT2D eigenvalue weighted by Crippen LogP contribution is -2.39. The molecule has 1 rings (SSSR count). The second kappa shape index (κ2) is 5.65. The Morgan fingerprint density at radius 2 is 1.79 bits per heavy atom. The Morgan fingerprint density at radius 3 is 2.21 bits per heavy atom. The minimum absolute atomic E-state index is 0.129. The normalized spacial score (nSPS) is 14.8. The molecule has 1 aromatic heterocycles. The highest BCUT2D eigenvalue weighted by Crippen LogP contribution is 2.19. The predicted octanol–water partition coefficient (Wildman–Crippen LogP) is 2.26. The van der Waals surface area contributed by atoms with E-state index in [2.05, 4.69) is 15.3 Å². The molecule has 0 bridgehead atoms. The second-order valence-electron chi connectivity index (χ2n) is 6.02. The largest absolute Gasteiger partial charge is 0.380 e. The van der Waals surface area contributed by atoms with Gasteiger partial charge >= 0.3 is 0 Å². The summed E-state index contributed by atoms with van der Waals surface area (Å²) >= 11 is 0. The molecule has 0 aromatic carbocycles. The topological polar surface area (TPSA) is 75.1 Å². The Bertz CT molecular complexity index is 433. The van der Waals surface area contributed by atoms with Gasteiger partial charge in [0.2, 0.25) is 0 Å². The van der Waals surface area contributed by atoms with Gasteiger partial charge in [-0.2, -0.15) is 0 Å². The van der Waals surface area contributed by atoms with Crippen molar-refractivity contribution in [2.45, 2.75) is 58.5 Å². The third-order valence-electron chi connectivity index (χ3n) is 2.81. The Morgan fingerprint density at radius 1 is 1.26 bits per heavy atom. The molecule has 106 valence electrons. The van der Waals surface area contributed by atoms with Gasteiger partial charge in [-0.05, 0) is 13.3 Å². The zero-order chi connectivity index (χ0) is 14.7. The predicted molar refractivity (Wildman–Crippen MR) is 74.9 cm³/mol. The average molecular weight is 265 g/mol. The summed E-state index contributed by atoms with van der Waals surface area (Å²) in [5.41, 5.74) is -0.998. The van der Waals surface area contributed by atoms with E-state index in [1.165, 1.54) is 6.92 Å². The van der Waals surface area contributed by atoms with Crippen LogP contribution in [0.15, 0.2) is 12.4 Å². The zero-order valence-electron chi connectivity index (χ0n) is 12.3. The van der Waals surface area contributed by atoms with E-state index in [4.69, 9.17) is 0 Å². The number of aliphatic hydroxyl groups is 1. The van der Waals surface area contributed by atoms with E-state index < -0.39 is 11.5 Å². The molecule has 2 N–H and O–H groups in total. The Labute approximate surface area is 114 Å². The fourth-order valence-corrected chi connectivity index (χ4v) is 1.65. The van der Waals surface area contributed by atoms with Crippen LogP contribution in [-0.2, 0) is 10.2 Å². The Kier molecular flexibility index (Phi) is 4.63. The van der Waals surface area contributed by atoms with Gasteiger partial charge in [0.15, 0.2) is 0 Å². The summed E-state index contributed by atoms with van der Waals surface area (Å²) < 4.78 is 0. The van der Waals surface area contributed by atoms with Crippen molar-refractivity contribution in [2.24, 2.45) is 0 Å². The van der Waals surface area contributed by atoms with Gasteiger partial charge in [-0.1, -0.05) is 34.1 Å². The van der Waals surface area contributed by atoms with Crippen LogP contribution in [0.2, 0.25) is 0 Å². The molecular formula is C14H23N3O2. The molecular weight excluding hydrogens is 242 g/mol. The van der Waals surface area contributed by atoms with Gasteiger partial charge in [-0.25, -0.2) is 9.97 Å².